The summed E-state index contributed by atoms with van der Waals surface area (Å²) in [5.41, 5.74) is 0. The van der Waals surface area contributed by atoms with Crippen molar-refractivity contribution in [3.05, 3.63) is 36.5 Å². The largest absolute Gasteiger partial charge is 0.394 e. The van der Waals surface area contributed by atoms with Crippen LogP contribution < -0.4 is 5.32 Å². The smallest absolute Gasteiger partial charge is 0.222 e. The number of unbranched alkanes of at least 4 members (excludes halogenated alkanes) is 27. The topological polar surface area (TPSA) is 89.8 Å². The first-order chi connectivity index (χ1) is 25.0. The highest BCUT2D eigenvalue weighted by Crippen LogP contribution is 2.15. The molecule has 0 rings (SSSR count). The van der Waals surface area contributed by atoms with Crippen molar-refractivity contribution in [1.29, 1.82) is 0 Å². The number of carbonyl (C=O) groups excluding carboxylic acids is 1. The number of aliphatic hydroxyl groups is 3. The van der Waals surface area contributed by atoms with Gasteiger partial charge in [-0.15, -0.1) is 0 Å². The van der Waals surface area contributed by atoms with Crippen LogP contribution in [0.3, 0.4) is 0 Å². The second-order valence-electron chi connectivity index (χ2n) is 15.3. The fourth-order valence-electron chi connectivity index (χ4n) is 6.70. The summed E-state index contributed by atoms with van der Waals surface area (Å²) >= 11 is 0. The molecule has 0 heterocycles. The lowest BCUT2D eigenvalue weighted by Gasteiger charge is -2.20. The van der Waals surface area contributed by atoms with Crippen molar-refractivity contribution in [3.63, 3.8) is 0 Å². The molecule has 0 radical (unpaired) electrons. The average molecular weight is 718 g/mol. The highest BCUT2D eigenvalue weighted by molar-refractivity contribution is 5.76. The van der Waals surface area contributed by atoms with Crippen LogP contribution >= 0.6 is 0 Å². The van der Waals surface area contributed by atoms with Gasteiger partial charge in [0.05, 0.1) is 31.3 Å². The quantitative estimate of drug-likeness (QED) is 0.0375. The Labute approximate surface area is 317 Å². The number of hydrogen-bond donors (Lipinski definition) is 4. The normalized spacial score (nSPS) is 13.9. The zero-order valence-corrected chi connectivity index (χ0v) is 34.0. The van der Waals surface area contributed by atoms with Crippen molar-refractivity contribution in [1.82, 2.24) is 5.32 Å². The van der Waals surface area contributed by atoms with Crippen LogP contribution in [-0.4, -0.2) is 46.1 Å². The number of rotatable bonds is 40. The highest BCUT2D eigenvalue weighted by Gasteiger charge is 2.20. The van der Waals surface area contributed by atoms with E-state index in [0.717, 1.165) is 44.9 Å². The van der Waals surface area contributed by atoms with Crippen LogP contribution in [0, 0.1) is 0 Å². The number of amides is 1. The number of carbonyl (C=O) groups is 1. The van der Waals surface area contributed by atoms with Gasteiger partial charge in [0.2, 0.25) is 5.91 Å². The van der Waals surface area contributed by atoms with Gasteiger partial charge < -0.3 is 20.6 Å². The highest BCUT2D eigenvalue weighted by atomic mass is 16.3. The van der Waals surface area contributed by atoms with Gasteiger partial charge >= 0.3 is 0 Å². The molecule has 0 bridgehead atoms. The Hall–Kier alpha value is -1.43. The molecule has 4 N–H and O–H groups in total. The minimum Gasteiger partial charge on any atom is -0.394 e. The van der Waals surface area contributed by atoms with E-state index in [1.54, 1.807) is 6.08 Å². The van der Waals surface area contributed by atoms with Gasteiger partial charge in [-0.05, 0) is 57.8 Å². The van der Waals surface area contributed by atoms with Gasteiger partial charge in [-0.1, -0.05) is 198 Å². The van der Waals surface area contributed by atoms with E-state index in [4.69, 9.17) is 0 Å². The predicted octanol–water partition coefficient (Wildman–Crippen LogP) is 12.8. The molecule has 0 aliphatic carbocycles. The first-order valence-electron chi connectivity index (χ1n) is 22.3. The molecule has 51 heavy (non-hydrogen) atoms. The van der Waals surface area contributed by atoms with Gasteiger partial charge in [0, 0.05) is 0 Å². The monoisotopic (exact) mass is 718 g/mol. The molecule has 0 aromatic rings. The minimum atomic E-state index is -0.953. The van der Waals surface area contributed by atoms with E-state index in [2.05, 4.69) is 43.5 Å². The second-order valence-corrected chi connectivity index (χ2v) is 15.3. The van der Waals surface area contributed by atoms with Gasteiger partial charge in [0.1, 0.15) is 0 Å². The maximum Gasteiger partial charge on any atom is 0.222 e. The fraction of sp³-hybridized carbons (Fsp3) is 0.848. The first-order valence-corrected chi connectivity index (χ1v) is 22.3. The zero-order valence-electron chi connectivity index (χ0n) is 34.0. The van der Waals surface area contributed by atoms with Gasteiger partial charge in [0.25, 0.3) is 0 Å². The van der Waals surface area contributed by atoms with Crippen LogP contribution in [-0.2, 0) is 4.79 Å². The second kappa shape index (κ2) is 41.3. The van der Waals surface area contributed by atoms with Gasteiger partial charge in [-0.2, -0.15) is 0 Å². The van der Waals surface area contributed by atoms with Gasteiger partial charge in [0.15, 0.2) is 0 Å². The van der Waals surface area contributed by atoms with E-state index in [1.807, 2.05) is 6.08 Å². The Morgan fingerprint density at radius 2 is 0.843 bits per heavy atom. The van der Waals surface area contributed by atoms with Crippen molar-refractivity contribution < 1.29 is 20.1 Å². The SMILES string of the molecule is CCCCCC/C=C\CCCCCCCC(O)CC(=O)NC(CO)C(O)/C=C/CC/C=C/CCCCCCCCCCCCCCCCCCC. The third-order valence-corrected chi connectivity index (χ3v) is 10.1. The first kappa shape index (κ1) is 49.6. The van der Waals surface area contributed by atoms with Crippen LogP contribution in [0.15, 0.2) is 36.5 Å². The van der Waals surface area contributed by atoms with Crippen molar-refractivity contribution in [2.75, 3.05) is 6.61 Å². The molecule has 0 saturated carbocycles. The number of allylic oxidation sites excluding steroid dienone is 5. The molecule has 0 spiro atoms. The standard InChI is InChI=1S/C46H87NO4/c1-3-5-7-9-11-13-15-17-18-19-20-21-22-23-24-25-26-28-30-32-34-36-38-40-45(50)44(42-48)47-46(51)41-43(49)39-37-35-33-31-29-27-16-14-12-10-8-6-4-2/h14,16,30,32,38,40,43-45,48-50H,3-13,15,17-29,31,33-37,39,41-42H2,1-2H3,(H,47,51)/b16-14-,32-30+,40-38+. The van der Waals surface area contributed by atoms with Gasteiger partial charge in [-0.25, -0.2) is 0 Å². The molecule has 3 atom stereocenters. The Morgan fingerprint density at radius 3 is 1.27 bits per heavy atom. The summed E-state index contributed by atoms with van der Waals surface area (Å²) in [6.45, 7) is 4.19. The van der Waals surface area contributed by atoms with Crippen LogP contribution in [0.5, 0.6) is 0 Å². The van der Waals surface area contributed by atoms with E-state index in [-0.39, 0.29) is 18.9 Å². The molecule has 0 aliphatic rings. The predicted molar refractivity (Wildman–Crippen MR) is 222 cm³/mol. The summed E-state index contributed by atoms with van der Waals surface area (Å²) in [6, 6.07) is -0.762. The van der Waals surface area contributed by atoms with Crippen LogP contribution in [0.25, 0.3) is 0 Å². The third kappa shape index (κ3) is 38.1. The minimum absolute atomic E-state index is 0.000218. The number of nitrogens with one attached hydrogen (secondary N) is 1. The van der Waals surface area contributed by atoms with Crippen LogP contribution in [0.1, 0.15) is 226 Å². The molecule has 300 valence electrons. The molecule has 5 nitrogen and oxygen atoms in total. The van der Waals surface area contributed by atoms with Crippen LogP contribution in [0.2, 0.25) is 0 Å². The summed E-state index contributed by atoms with van der Waals surface area (Å²) in [7, 11) is 0. The molecular weight excluding hydrogens is 631 g/mol. The van der Waals surface area contributed by atoms with Crippen molar-refractivity contribution in [3.8, 4) is 0 Å². The summed E-state index contributed by atoms with van der Waals surface area (Å²) in [4.78, 5) is 12.4. The fourth-order valence-corrected chi connectivity index (χ4v) is 6.70. The van der Waals surface area contributed by atoms with E-state index in [9.17, 15) is 20.1 Å². The Morgan fingerprint density at radius 1 is 0.490 bits per heavy atom. The van der Waals surface area contributed by atoms with Crippen molar-refractivity contribution in [2.45, 2.75) is 244 Å². The van der Waals surface area contributed by atoms with Crippen LogP contribution in [0.4, 0.5) is 0 Å². The molecule has 0 aromatic heterocycles. The zero-order chi connectivity index (χ0) is 37.3. The number of aliphatic hydroxyl groups excluding tert-OH is 3. The average Bonchev–Trinajstić information content (AvgIpc) is 3.12. The Balaban J connectivity index is 3.69. The lowest BCUT2D eigenvalue weighted by atomic mass is 10.0. The molecule has 1 amide bonds. The lowest BCUT2D eigenvalue weighted by molar-refractivity contribution is -0.124. The lowest BCUT2D eigenvalue weighted by Crippen LogP contribution is -2.45. The van der Waals surface area contributed by atoms with Crippen molar-refractivity contribution >= 4 is 5.91 Å². The van der Waals surface area contributed by atoms with E-state index in [1.165, 1.54) is 154 Å². The Bertz CT molecular complexity index is 794. The molecule has 5 heteroatoms. The number of hydrogen-bond acceptors (Lipinski definition) is 4. The van der Waals surface area contributed by atoms with E-state index < -0.39 is 18.2 Å². The van der Waals surface area contributed by atoms with E-state index >= 15 is 0 Å². The van der Waals surface area contributed by atoms with E-state index in [0.29, 0.717) is 6.42 Å². The summed E-state index contributed by atoms with van der Waals surface area (Å²) < 4.78 is 0. The molecular formula is C46H87NO4. The molecule has 3 unspecified atom stereocenters. The molecule has 0 saturated heterocycles. The van der Waals surface area contributed by atoms with Crippen molar-refractivity contribution in [2.24, 2.45) is 0 Å². The maximum atomic E-state index is 12.4. The maximum absolute atomic E-state index is 12.4. The molecule has 0 aliphatic heterocycles. The molecule has 0 fully saturated rings. The van der Waals surface area contributed by atoms with Gasteiger partial charge in [-0.3, -0.25) is 4.79 Å². The molecule has 0 aromatic carbocycles. The third-order valence-electron chi connectivity index (χ3n) is 10.1. The summed E-state index contributed by atoms with van der Waals surface area (Å²) in [6.07, 6.45) is 51.5. The summed E-state index contributed by atoms with van der Waals surface area (Å²) in [5.74, 6) is -0.331. The summed E-state index contributed by atoms with van der Waals surface area (Å²) in [5, 5.41) is 33.2. The Kier molecular flexibility index (Phi) is 40.2.